The first-order valence-corrected chi connectivity index (χ1v) is 11.4. The summed E-state index contributed by atoms with van der Waals surface area (Å²) in [6.07, 6.45) is 7.34. The van der Waals surface area contributed by atoms with E-state index in [-0.39, 0.29) is 0 Å². The van der Waals surface area contributed by atoms with E-state index >= 15 is 0 Å². The number of pyridine rings is 1. The number of anilines is 1. The lowest BCUT2D eigenvalue weighted by Crippen LogP contribution is -2.23. The number of aryl methyl sites for hydroxylation is 1. The van der Waals surface area contributed by atoms with Gasteiger partial charge in [0.05, 0.1) is 6.20 Å². The van der Waals surface area contributed by atoms with Crippen molar-refractivity contribution in [1.29, 1.82) is 0 Å². The van der Waals surface area contributed by atoms with Crippen LogP contribution in [0.25, 0.3) is 27.6 Å². The molecule has 1 aliphatic carbocycles. The minimum atomic E-state index is 0.891. The molecular formula is C27H27N5. The van der Waals surface area contributed by atoms with Gasteiger partial charge in [0, 0.05) is 42.1 Å². The number of benzene rings is 2. The average molecular weight is 422 g/mol. The molecule has 0 radical (unpaired) electrons. The van der Waals surface area contributed by atoms with E-state index in [0.717, 1.165) is 43.6 Å². The molecule has 0 amide bonds. The smallest absolute Gasteiger partial charge is 0.130 e. The SMILES string of the molecule is Cc1c(-c2ccc3cnc(NC(=C4CC4)c4ccc5c(c4)CNCC5)cc3c2)cnn1C. The summed E-state index contributed by atoms with van der Waals surface area (Å²) in [6.45, 7) is 4.13. The first kappa shape index (κ1) is 19.3. The van der Waals surface area contributed by atoms with Gasteiger partial charge in [0.15, 0.2) is 0 Å². The molecule has 0 atom stereocenters. The molecule has 3 heterocycles. The van der Waals surface area contributed by atoms with Crippen molar-refractivity contribution in [2.45, 2.75) is 32.7 Å². The Balaban J connectivity index is 1.35. The van der Waals surface area contributed by atoms with Gasteiger partial charge in [0.1, 0.15) is 5.82 Å². The quantitative estimate of drug-likeness (QED) is 0.475. The molecule has 32 heavy (non-hydrogen) atoms. The Bertz CT molecular complexity index is 1370. The zero-order chi connectivity index (χ0) is 21.7. The second-order valence-electron chi connectivity index (χ2n) is 8.91. The molecule has 1 fully saturated rings. The predicted octanol–water partition coefficient (Wildman–Crippen LogP) is 5.21. The second-order valence-corrected chi connectivity index (χ2v) is 8.91. The molecule has 1 aliphatic heterocycles. The number of aromatic nitrogens is 3. The van der Waals surface area contributed by atoms with Crippen LogP contribution in [0.1, 0.15) is 35.2 Å². The molecule has 2 N–H and O–H groups in total. The van der Waals surface area contributed by atoms with Gasteiger partial charge in [0.2, 0.25) is 0 Å². The van der Waals surface area contributed by atoms with E-state index < -0.39 is 0 Å². The average Bonchev–Trinajstić information content (AvgIpc) is 3.61. The number of hydrogen-bond donors (Lipinski definition) is 2. The van der Waals surface area contributed by atoms with Crippen molar-refractivity contribution in [2.24, 2.45) is 7.05 Å². The fraction of sp³-hybridized carbons (Fsp3) is 0.259. The van der Waals surface area contributed by atoms with Crippen molar-refractivity contribution in [3.8, 4) is 11.1 Å². The summed E-state index contributed by atoms with van der Waals surface area (Å²) < 4.78 is 1.92. The topological polar surface area (TPSA) is 54.8 Å². The van der Waals surface area contributed by atoms with Crippen molar-refractivity contribution in [1.82, 2.24) is 20.1 Å². The third-order valence-corrected chi connectivity index (χ3v) is 6.76. The fourth-order valence-electron chi connectivity index (χ4n) is 4.60. The van der Waals surface area contributed by atoms with Crippen molar-refractivity contribution < 1.29 is 0 Å². The third kappa shape index (κ3) is 3.49. The molecule has 0 bridgehead atoms. The van der Waals surface area contributed by atoms with Crippen LogP contribution < -0.4 is 10.6 Å². The number of allylic oxidation sites excluding steroid dienone is 1. The van der Waals surface area contributed by atoms with Gasteiger partial charge in [-0.3, -0.25) is 4.68 Å². The van der Waals surface area contributed by atoms with Gasteiger partial charge in [-0.15, -0.1) is 0 Å². The molecule has 5 nitrogen and oxygen atoms in total. The van der Waals surface area contributed by atoms with Crippen molar-refractivity contribution in [3.05, 3.63) is 82.8 Å². The van der Waals surface area contributed by atoms with Gasteiger partial charge in [-0.25, -0.2) is 4.98 Å². The zero-order valence-corrected chi connectivity index (χ0v) is 18.6. The predicted molar refractivity (Wildman–Crippen MR) is 130 cm³/mol. The van der Waals surface area contributed by atoms with Crippen LogP contribution in [0.15, 0.2) is 60.4 Å². The van der Waals surface area contributed by atoms with E-state index in [0.29, 0.717) is 0 Å². The molecular weight excluding hydrogens is 394 g/mol. The minimum absolute atomic E-state index is 0.891. The van der Waals surface area contributed by atoms with Crippen LogP contribution in [-0.2, 0) is 20.0 Å². The van der Waals surface area contributed by atoms with E-state index in [4.69, 9.17) is 4.98 Å². The van der Waals surface area contributed by atoms with Crippen LogP contribution in [0.4, 0.5) is 5.82 Å². The highest BCUT2D eigenvalue weighted by atomic mass is 15.3. The lowest BCUT2D eigenvalue weighted by atomic mass is 9.97. The summed E-state index contributed by atoms with van der Waals surface area (Å²) in [5, 5.41) is 13.9. The Labute approximate surface area is 188 Å². The summed E-state index contributed by atoms with van der Waals surface area (Å²) >= 11 is 0. The molecule has 0 spiro atoms. The summed E-state index contributed by atoms with van der Waals surface area (Å²) in [7, 11) is 1.98. The Morgan fingerprint density at radius 3 is 2.69 bits per heavy atom. The summed E-state index contributed by atoms with van der Waals surface area (Å²) in [4.78, 5) is 4.72. The Kier molecular flexibility index (Phi) is 4.58. The van der Waals surface area contributed by atoms with E-state index in [1.165, 1.54) is 50.2 Å². The normalized spacial score (nSPS) is 15.0. The third-order valence-electron chi connectivity index (χ3n) is 6.76. The summed E-state index contributed by atoms with van der Waals surface area (Å²) in [5.41, 5.74) is 10.4. The van der Waals surface area contributed by atoms with E-state index in [9.17, 15) is 0 Å². The largest absolute Gasteiger partial charge is 0.340 e. The molecule has 6 rings (SSSR count). The minimum Gasteiger partial charge on any atom is -0.340 e. The monoisotopic (exact) mass is 421 g/mol. The number of rotatable bonds is 4. The fourth-order valence-corrected chi connectivity index (χ4v) is 4.60. The van der Waals surface area contributed by atoms with Crippen molar-refractivity contribution >= 4 is 22.3 Å². The standard InChI is InChI=1S/C27H27N5/c1-17-25(16-30-32(17)2)20-6-8-22-15-29-26(13-23(22)11-20)31-27(19-4-5-19)21-7-3-18-9-10-28-14-24(18)12-21/h3,6-8,11-13,15-16,28H,4-5,9-10,14H2,1-2H3,(H,29,31). The summed E-state index contributed by atoms with van der Waals surface area (Å²) in [6, 6.07) is 15.6. The van der Waals surface area contributed by atoms with E-state index in [1.54, 1.807) is 0 Å². The van der Waals surface area contributed by atoms with Gasteiger partial charge in [-0.2, -0.15) is 5.10 Å². The number of nitrogens with zero attached hydrogens (tertiary/aromatic N) is 3. The molecule has 2 aromatic carbocycles. The van der Waals surface area contributed by atoms with Crippen LogP contribution in [0.5, 0.6) is 0 Å². The van der Waals surface area contributed by atoms with Crippen LogP contribution in [0, 0.1) is 6.92 Å². The Morgan fingerprint density at radius 2 is 1.88 bits per heavy atom. The number of hydrogen-bond acceptors (Lipinski definition) is 4. The molecule has 1 saturated carbocycles. The zero-order valence-electron chi connectivity index (χ0n) is 18.6. The molecule has 2 aliphatic rings. The highest BCUT2D eigenvalue weighted by molar-refractivity contribution is 5.90. The first-order chi connectivity index (χ1) is 15.7. The highest BCUT2D eigenvalue weighted by Crippen LogP contribution is 2.38. The van der Waals surface area contributed by atoms with E-state index in [1.807, 2.05) is 24.1 Å². The van der Waals surface area contributed by atoms with Gasteiger partial charge in [-0.1, -0.05) is 24.3 Å². The van der Waals surface area contributed by atoms with Crippen LogP contribution in [0.2, 0.25) is 0 Å². The van der Waals surface area contributed by atoms with E-state index in [2.05, 4.69) is 65.1 Å². The van der Waals surface area contributed by atoms with Crippen LogP contribution in [0.3, 0.4) is 0 Å². The van der Waals surface area contributed by atoms with Crippen molar-refractivity contribution in [2.75, 3.05) is 11.9 Å². The molecule has 0 saturated heterocycles. The first-order valence-electron chi connectivity index (χ1n) is 11.4. The molecule has 160 valence electrons. The molecule has 2 aromatic heterocycles. The van der Waals surface area contributed by atoms with Gasteiger partial charge in [0.25, 0.3) is 0 Å². The maximum Gasteiger partial charge on any atom is 0.130 e. The lowest BCUT2D eigenvalue weighted by molar-refractivity contribution is 0.643. The molecule has 4 aromatic rings. The Hall–Kier alpha value is -3.44. The number of fused-ring (bicyclic) bond motifs is 2. The molecule has 5 heteroatoms. The number of nitrogens with one attached hydrogen (secondary N) is 2. The maximum absolute atomic E-state index is 4.72. The van der Waals surface area contributed by atoms with Gasteiger partial charge in [-0.05, 0) is 84.1 Å². The molecule has 0 unspecified atom stereocenters. The van der Waals surface area contributed by atoms with Crippen LogP contribution in [-0.4, -0.2) is 21.3 Å². The maximum atomic E-state index is 4.72. The van der Waals surface area contributed by atoms with Gasteiger partial charge >= 0.3 is 0 Å². The van der Waals surface area contributed by atoms with Crippen LogP contribution >= 0.6 is 0 Å². The second kappa shape index (κ2) is 7.61. The Morgan fingerprint density at radius 1 is 0.969 bits per heavy atom. The highest BCUT2D eigenvalue weighted by Gasteiger charge is 2.21. The van der Waals surface area contributed by atoms with Gasteiger partial charge < -0.3 is 10.6 Å². The lowest BCUT2D eigenvalue weighted by Gasteiger charge is -2.19. The summed E-state index contributed by atoms with van der Waals surface area (Å²) in [5.74, 6) is 0.891. The van der Waals surface area contributed by atoms with Crippen molar-refractivity contribution in [3.63, 3.8) is 0 Å².